The molecule has 0 bridgehead atoms. The third kappa shape index (κ3) is 3.69. The molecule has 28 heavy (non-hydrogen) atoms. The Morgan fingerprint density at radius 2 is 1.68 bits per heavy atom. The van der Waals surface area contributed by atoms with Crippen LogP contribution in [0.25, 0.3) is 22.0 Å². The Labute approximate surface area is 162 Å². The van der Waals surface area contributed by atoms with Crippen LogP contribution in [0.5, 0.6) is 0 Å². The second-order valence-corrected chi connectivity index (χ2v) is 6.66. The maximum absolute atomic E-state index is 12.4. The lowest BCUT2D eigenvalue weighted by molar-refractivity contribution is -0.117. The average molecular weight is 369 g/mol. The topological polar surface area (TPSA) is 64.0 Å². The molecular weight excluding hydrogens is 350 g/mol. The molecule has 3 aromatic carbocycles. The van der Waals surface area contributed by atoms with Gasteiger partial charge in [0, 0.05) is 17.3 Å². The van der Waals surface area contributed by atoms with Gasteiger partial charge in [-0.05, 0) is 35.9 Å². The Bertz CT molecular complexity index is 1210. The van der Waals surface area contributed by atoms with Crippen molar-refractivity contribution in [2.75, 3.05) is 5.32 Å². The van der Waals surface area contributed by atoms with Gasteiger partial charge in [-0.2, -0.15) is 5.10 Å². The summed E-state index contributed by atoms with van der Waals surface area (Å²) in [6.45, 7) is 1.83. The minimum Gasteiger partial charge on any atom is -0.324 e. The van der Waals surface area contributed by atoms with Crippen molar-refractivity contribution in [3.8, 4) is 11.3 Å². The molecule has 1 heterocycles. The summed E-state index contributed by atoms with van der Waals surface area (Å²) in [6, 6.07) is 24.6. The third-order valence-corrected chi connectivity index (χ3v) is 4.56. The van der Waals surface area contributed by atoms with E-state index >= 15 is 0 Å². The van der Waals surface area contributed by atoms with Gasteiger partial charge < -0.3 is 5.32 Å². The Hall–Kier alpha value is -3.73. The molecule has 4 rings (SSSR count). The zero-order valence-corrected chi connectivity index (χ0v) is 15.4. The van der Waals surface area contributed by atoms with Crippen molar-refractivity contribution >= 4 is 22.4 Å². The minimum atomic E-state index is -0.317. The number of hydrogen-bond donors (Lipinski definition) is 1. The van der Waals surface area contributed by atoms with Gasteiger partial charge in [0.1, 0.15) is 6.54 Å². The lowest BCUT2D eigenvalue weighted by atomic mass is 10.0. The molecule has 0 spiro atoms. The van der Waals surface area contributed by atoms with Crippen molar-refractivity contribution in [2.45, 2.75) is 13.5 Å². The molecule has 0 unspecified atom stereocenters. The van der Waals surface area contributed by atoms with E-state index in [-0.39, 0.29) is 18.0 Å². The molecule has 0 aliphatic rings. The molecule has 0 radical (unpaired) electrons. The Balaban J connectivity index is 1.63. The van der Waals surface area contributed by atoms with E-state index in [9.17, 15) is 9.59 Å². The van der Waals surface area contributed by atoms with Crippen LogP contribution in [-0.2, 0) is 11.3 Å². The van der Waals surface area contributed by atoms with Crippen LogP contribution in [0.1, 0.15) is 5.56 Å². The largest absolute Gasteiger partial charge is 0.324 e. The van der Waals surface area contributed by atoms with Gasteiger partial charge in [0.05, 0.1) is 5.69 Å². The summed E-state index contributed by atoms with van der Waals surface area (Å²) >= 11 is 0. The first-order chi connectivity index (χ1) is 13.6. The molecule has 0 fully saturated rings. The van der Waals surface area contributed by atoms with Crippen molar-refractivity contribution in [3.05, 3.63) is 94.8 Å². The quantitative estimate of drug-likeness (QED) is 0.591. The molecule has 0 aliphatic heterocycles. The van der Waals surface area contributed by atoms with Crippen LogP contribution >= 0.6 is 0 Å². The van der Waals surface area contributed by atoms with Crippen LogP contribution in [0.3, 0.4) is 0 Å². The number of fused-ring (bicyclic) bond motifs is 1. The van der Waals surface area contributed by atoms with Crippen molar-refractivity contribution < 1.29 is 4.79 Å². The van der Waals surface area contributed by atoms with Gasteiger partial charge >= 0.3 is 0 Å². The van der Waals surface area contributed by atoms with Crippen molar-refractivity contribution in [1.82, 2.24) is 9.78 Å². The Kier molecular flexibility index (Phi) is 4.72. The first-order valence-corrected chi connectivity index (χ1v) is 9.03. The second-order valence-electron chi connectivity index (χ2n) is 6.66. The minimum absolute atomic E-state index is 0.148. The van der Waals surface area contributed by atoms with Crippen molar-refractivity contribution in [3.63, 3.8) is 0 Å². The number of rotatable bonds is 4. The summed E-state index contributed by atoms with van der Waals surface area (Å²) in [6.07, 6.45) is 0. The van der Waals surface area contributed by atoms with Crippen LogP contribution in [0.2, 0.25) is 0 Å². The molecule has 4 aromatic rings. The van der Waals surface area contributed by atoms with Gasteiger partial charge in [-0.1, -0.05) is 60.2 Å². The third-order valence-electron chi connectivity index (χ3n) is 4.56. The lowest BCUT2D eigenvalue weighted by Gasteiger charge is -2.10. The highest BCUT2D eigenvalue weighted by Gasteiger charge is 2.10. The highest BCUT2D eigenvalue weighted by Crippen LogP contribution is 2.26. The average Bonchev–Trinajstić information content (AvgIpc) is 2.71. The number of carbonyl (C=O) groups is 1. The number of anilines is 1. The van der Waals surface area contributed by atoms with E-state index in [0.29, 0.717) is 11.4 Å². The maximum Gasteiger partial charge on any atom is 0.267 e. The molecule has 0 saturated heterocycles. The molecule has 1 N–H and O–H groups in total. The van der Waals surface area contributed by atoms with Crippen LogP contribution in [0.15, 0.2) is 83.7 Å². The first-order valence-electron chi connectivity index (χ1n) is 9.03. The number of nitrogens with one attached hydrogen (secondary N) is 1. The SMILES string of the molecule is Cc1ccc(NC(=O)Cn2nc(-c3cccc4ccccc34)ccc2=O)cc1. The van der Waals surface area contributed by atoms with E-state index in [1.54, 1.807) is 6.07 Å². The van der Waals surface area contributed by atoms with Gasteiger partial charge in [-0.15, -0.1) is 0 Å². The number of aromatic nitrogens is 2. The number of benzene rings is 3. The van der Waals surface area contributed by atoms with E-state index in [4.69, 9.17) is 0 Å². The summed E-state index contributed by atoms with van der Waals surface area (Å²) in [7, 11) is 0. The molecule has 0 saturated carbocycles. The van der Waals surface area contributed by atoms with E-state index in [1.165, 1.54) is 10.7 Å². The molecule has 138 valence electrons. The summed E-state index contributed by atoms with van der Waals surface area (Å²) in [5.41, 5.74) is 3.06. The fourth-order valence-corrected chi connectivity index (χ4v) is 3.13. The zero-order chi connectivity index (χ0) is 19.5. The molecule has 0 atom stereocenters. The van der Waals surface area contributed by atoms with E-state index < -0.39 is 0 Å². The molecule has 5 heteroatoms. The maximum atomic E-state index is 12.4. The van der Waals surface area contributed by atoms with Gasteiger partial charge in [-0.3, -0.25) is 9.59 Å². The molecular formula is C23H19N3O2. The van der Waals surface area contributed by atoms with Gasteiger partial charge in [-0.25, -0.2) is 4.68 Å². The highest BCUT2D eigenvalue weighted by atomic mass is 16.2. The van der Waals surface area contributed by atoms with Gasteiger partial charge in [0.15, 0.2) is 0 Å². The fraction of sp³-hybridized carbons (Fsp3) is 0.0870. The molecule has 1 amide bonds. The van der Waals surface area contributed by atoms with Crippen LogP contribution in [0.4, 0.5) is 5.69 Å². The summed E-state index contributed by atoms with van der Waals surface area (Å²) < 4.78 is 1.20. The predicted molar refractivity (Wildman–Crippen MR) is 111 cm³/mol. The first kappa shape index (κ1) is 17.7. The molecule has 1 aromatic heterocycles. The number of amides is 1. The van der Waals surface area contributed by atoms with Gasteiger partial charge in [0.2, 0.25) is 5.91 Å². The van der Waals surface area contributed by atoms with E-state index in [1.807, 2.05) is 73.7 Å². The predicted octanol–water partition coefficient (Wildman–Crippen LogP) is 4.01. The number of nitrogens with zero attached hydrogens (tertiary/aromatic N) is 2. The van der Waals surface area contributed by atoms with E-state index in [2.05, 4.69) is 10.4 Å². The van der Waals surface area contributed by atoms with Crippen LogP contribution < -0.4 is 10.9 Å². The molecule has 5 nitrogen and oxygen atoms in total. The highest BCUT2D eigenvalue weighted by molar-refractivity contribution is 5.95. The van der Waals surface area contributed by atoms with Gasteiger partial charge in [0.25, 0.3) is 5.56 Å². The smallest absolute Gasteiger partial charge is 0.267 e. The summed E-state index contributed by atoms with van der Waals surface area (Å²) in [4.78, 5) is 24.6. The number of aryl methyl sites for hydroxylation is 1. The van der Waals surface area contributed by atoms with Crippen molar-refractivity contribution in [1.29, 1.82) is 0 Å². The zero-order valence-electron chi connectivity index (χ0n) is 15.4. The Morgan fingerprint density at radius 1 is 0.929 bits per heavy atom. The standard InChI is InChI=1S/C23H19N3O2/c1-16-9-11-18(12-10-16)24-22(27)15-26-23(28)14-13-21(25-26)20-8-4-6-17-5-2-3-7-19(17)20/h2-14H,15H2,1H3,(H,24,27). The van der Waals surface area contributed by atoms with Crippen LogP contribution in [0, 0.1) is 6.92 Å². The normalized spacial score (nSPS) is 10.8. The fourth-order valence-electron chi connectivity index (χ4n) is 3.13. The summed E-state index contributed by atoms with van der Waals surface area (Å²) in [5, 5.41) is 9.37. The molecule has 0 aliphatic carbocycles. The Morgan fingerprint density at radius 3 is 2.50 bits per heavy atom. The number of hydrogen-bond acceptors (Lipinski definition) is 3. The second kappa shape index (κ2) is 7.48. The number of carbonyl (C=O) groups excluding carboxylic acids is 1. The summed E-state index contributed by atoms with van der Waals surface area (Å²) in [5.74, 6) is -0.298. The van der Waals surface area contributed by atoms with Crippen LogP contribution in [-0.4, -0.2) is 15.7 Å². The lowest BCUT2D eigenvalue weighted by Crippen LogP contribution is -2.29. The van der Waals surface area contributed by atoms with Crippen molar-refractivity contribution in [2.24, 2.45) is 0 Å². The van der Waals surface area contributed by atoms with E-state index in [0.717, 1.165) is 21.9 Å². The monoisotopic (exact) mass is 369 g/mol.